The van der Waals surface area contributed by atoms with Crippen molar-refractivity contribution in [3.8, 4) is 23.1 Å². The molecule has 2 atom stereocenters. The third-order valence-electron chi connectivity index (χ3n) is 6.10. The molecule has 2 aliphatic rings. The number of rotatable bonds is 2. The molecule has 0 aliphatic carbocycles. The van der Waals surface area contributed by atoms with Crippen LogP contribution in [0, 0.1) is 27.9 Å². The molecule has 8 nitrogen and oxygen atoms in total. The Morgan fingerprint density at radius 3 is 2.67 bits per heavy atom. The van der Waals surface area contributed by atoms with Crippen LogP contribution in [0.2, 0.25) is 0 Å². The molecule has 12 heteroatoms. The van der Waals surface area contributed by atoms with E-state index < -0.39 is 23.1 Å². The Hall–Kier alpha value is -2.61. The third-order valence-corrected chi connectivity index (χ3v) is 7.45. The van der Waals surface area contributed by atoms with Gasteiger partial charge < -0.3 is 25.4 Å². The van der Waals surface area contributed by atoms with Crippen LogP contribution >= 0.6 is 22.6 Å². The van der Waals surface area contributed by atoms with Crippen LogP contribution in [0.5, 0.6) is 11.9 Å². The molecule has 0 radical (unpaired) electrons. The summed E-state index contributed by atoms with van der Waals surface area (Å²) in [5.41, 5.74) is 4.28. The zero-order valence-corrected chi connectivity index (χ0v) is 20.1. The van der Waals surface area contributed by atoms with Crippen LogP contribution in [0.15, 0.2) is 0 Å². The second-order valence-electron chi connectivity index (χ2n) is 7.98. The zero-order valence-electron chi connectivity index (χ0n) is 18.0. The molecule has 0 unspecified atom stereocenters. The van der Waals surface area contributed by atoms with Crippen molar-refractivity contribution >= 4 is 45.0 Å². The largest absolute Gasteiger partial charge is 0.472 e. The number of aromatic nitrogens is 3. The van der Waals surface area contributed by atoms with Crippen molar-refractivity contribution in [2.24, 2.45) is 0 Å². The highest BCUT2D eigenvalue weighted by Crippen LogP contribution is 2.44. The van der Waals surface area contributed by atoms with Gasteiger partial charge >= 0.3 is 6.01 Å². The molecule has 0 bridgehead atoms. The van der Waals surface area contributed by atoms with Crippen LogP contribution in [0.4, 0.5) is 24.7 Å². The number of nitrogens with one attached hydrogen (secondary N) is 1. The lowest BCUT2D eigenvalue weighted by atomic mass is 10.0. The van der Waals surface area contributed by atoms with E-state index in [1.165, 1.54) is 14.0 Å². The van der Waals surface area contributed by atoms with Gasteiger partial charge in [0.2, 0.25) is 5.88 Å². The monoisotopic (exact) mass is 572 g/mol. The standard InChI is InChI=1S/C21H20F3IN6O2/c1-7-12(22)16(26)13(23)10(15(7)25)17-14(24)18-11-19(30-21(29-18)32-3)31-5-4-27-6-9(31)8(2)33-20(11)28-17/h8-9,27H,4-6,26H2,1-3H3/t8-,9-/m0/s1. The van der Waals surface area contributed by atoms with E-state index >= 15 is 8.78 Å². The Morgan fingerprint density at radius 1 is 1.18 bits per heavy atom. The molecule has 174 valence electrons. The van der Waals surface area contributed by atoms with Gasteiger partial charge in [0.25, 0.3) is 0 Å². The number of nitrogens with zero attached hydrogens (tertiary/aromatic N) is 4. The van der Waals surface area contributed by atoms with Gasteiger partial charge in [-0.05, 0) is 36.4 Å². The minimum atomic E-state index is -1.09. The first-order valence-electron chi connectivity index (χ1n) is 10.3. The van der Waals surface area contributed by atoms with Crippen LogP contribution in [-0.2, 0) is 0 Å². The molecule has 2 aromatic heterocycles. The summed E-state index contributed by atoms with van der Waals surface area (Å²) >= 11 is 1.76. The Bertz CT molecular complexity index is 1280. The maximum Gasteiger partial charge on any atom is 0.318 e. The average molecular weight is 572 g/mol. The number of benzene rings is 1. The highest BCUT2D eigenvalue weighted by Gasteiger charge is 2.38. The Kier molecular flexibility index (Phi) is 5.39. The molecular weight excluding hydrogens is 552 g/mol. The molecule has 1 aromatic carbocycles. The van der Waals surface area contributed by atoms with E-state index in [4.69, 9.17) is 15.2 Å². The van der Waals surface area contributed by atoms with E-state index in [9.17, 15) is 4.39 Å². The van der Waals surface area contributed by atoms with E-state index in [2.05, 4.69) is 20.3 Å². The number of ether oxygens (including phenoxy) is 2. The van der Waals surface area contributed by atoms with Crippen molar-refractivity contribution in [2.45, 2.75) is 26.0 Å². The molecule has 3 N–H and O–H groups in total. The highest BCUT2D eigenvalue weighted by molar-refractivity contribution is 14.1. The quantitative estimate of drug-likeness (QED) is 0.357. The first-order valence-corrected chi connectivity index (χ1v) is 11.3. The van der Waals surface area contributed by atoms with Gasteiger partial charge in [0.15, 0.2) is 17.5 Å². The lowest BCUT2D eigenvalue weighted by Crippen LogP contribution is -2.56. The summed E-state index contributed by atoms with van der Waals surface area (Å²) < 4.78 is 57.0. The number of hydrogen-bond donors (Lipinski definition) is 2. The first kappa shape index (κ1) is 22.2. The van der Waals surface area contributed by atoms with Gasteiger partial charge in [0.05, 0.1) is 18.7 Å². The number of pyridine rings is 1. The van der Waals surface area contributed by atoms with Crippen LogP contribution in [-0.4, -0.2) is 53.8 Å². The normalized spacial score (nSPS) is 19.8. The third kappa shape index (κ3) is 3.25. The summed E-state index contributed by atoms with van der Waals surface area (Å²) in [5, 5.41) is 3.59. The zero-order chi connectivity index (χ0) is 23.6. The number of methoxy groups -OCH3 is 1. The minimum absolute atomic E-state index is 0.0451. The van der Waals surface area contributed by atoms with E-state index in [0.717, 1.165) is 0 Å². The molecule has 3 aromatic rings. The minimum Gasteiger partial charge on any atom is -0.472 e. The number of piperazine rings is 1. The number of hydrogen-bond acceptors (Lipinski definition) is 8. The molecule has 4 heterocycles. The second kappa shape index (κ2) is 8.01. The maximum atomic E-state index is 16.0. The van der Waals surface area contributed by atoms with Gasteiger partial charge in [0.1, 0.15) is 34.2 Å². The highest BCUT2D eigenvalue weighted by atomic mass is 127. The Labute approximate surface area is 200 Å². The topological polar surface area (TPSA) is 98.4 Å². The van der Waals surface area contributed by atoms with Crippen molar-refractivity contribution in [1.82, 2.24) is 20.3 Å². The van der Waals surface area contributed by atoms with Crippen LogP contribution < -0.4 is 25.4 Å². The lowest BCUT2D eigenvalue weighted by molar-refractivity contribution is 0.174. The smallest absolute Gasteiger partial charge is 0.318 e. The lowest BCUT2D eigenvalue weighted by Gasteiger charge is -2.38. The van der Waals surface area contributed by atoms with Gasteiger partial charge in [-0.25, -0.2) is 18.2 Å². The SMILES string of the molecule is COc1nc2c3c(nc(-c4c(F)c(N)c(F)c(C)c4I)c(F)c3n1)O[C@@H](C)[C@@H]1CNCCN21. The van der Waals surface area contributed by atoms with Gasteiger partial charge in [-0.15, -0.1) is 0 Å². The molecule has 0 amide bonds. The number of anilines is 2. The van der Waals surface area contributed by atoms with E-state index in [1.54, 1.807) is 22.6 Å². The molecule has 0 spiro atoms. The molecule has 5 rings (SSSR count). The van der Waals surface area contributed by atoms with Gasteiger partial charge in [-0.3, -0.25) is 0 Å². The fourth-order valence-corrected chi connectivity index (χ4v) is 5.07. The predicted molar refractivity (Wildman–Crippen MR) is 125 cm³/mol. The fraction of sp³-hybridized carbons (Fsp3) is 0.381. The fourth-order valence-electron chi connectivity index (χ4n) is 4.34. The van der Waals surface area contributed by atoms with Crippen LogP contribution in [0.25, 0.3) is 22.2 Å². The van der Waals surface area contributed by atoms with Crippen molar-refractivity contribution < 1.29 is 22.6 Å². The van der Waals surface area contributed by atoms with Gasteiger partial charge in [0, 0.05) is 28.8 Å². The van der Waals surface area contributed by atoms with E-state index in [-0.39, 0.29) is 55.3 Å². The van der Waals surface area contributed by atoms with Gasteiger partial charge in [-0.1, -0.05) is 0 Å². The summed E-state index contributed by atoms with van der Waals surface area (Å²) in [6, 6.07) is -0.154. The predicted octanol–water partition coefficient (Wildman–Crippen LogP) is 3.17. The molecule has 33 heavy (non-hydrogen) atoms. The molecule has 1 saturated heterocycles. The average Bonchev–Trinajstić information content (AvgIpc) is 2.94. The Morgan fingerprint density at radius 2 is 1.94 bits per heavy atom. The van der Waals surface area contributed by atoms with Crippen molar-refractivity contribution in [2.75, 3.05) is 37.4 Å². The van der Waals surface area contributed by atoms with Crippen molar-refractivity contribution in [3.05, 3.63) is 26.6 Å². The first-order chi connectivity index (χ1) is 15.7. The number of nitrogens with two attached hydrogens (primary N) is 1. The van der Waals surface area contributed by atoms with Crippen LogP contribution in [0.1, 0.15) is 12.5 Å². The molecular formula is C21H20F3IN6O2. The summed E-state index contributed by atoms with van der Waals surface area (Å²) in [6.45, 7) is 5.26. The molecule has 2 aliphatic heterocycles. The van der Waals surface area contributed by atoms with Crippen molar-refractivity contribution in [1.29, 1.82) is 0 Å². The molecule has 0 saturated carbocycles. The van der Waals surface area contributed by atoms with E-state index in [0.29, 0.717) is 25.5 Å². The van der Waals surface area contributed by atoms with Crippen molar-refractivity contribution in [3.63, 3.8) is 0 Å². The van der Waals surface area contributed by atoms with E-state index in [1.807, 2.05) is 11.8 Å². The number of fused-ring (bicyclic) bond motifs is 2. The maximum absolute atomic E-state index is 16.0. The summed E-state index contributed by atoms with van der Waals surface area (Å²) in [6.07, 6.45) is -0.351. The van der Waals surface area contributed by atoms with Crippen LogP contribution in [0.3, 0.4) is 0 Å². The summed E-state index contributed by atoms with van der Waals surface area (Å²) in [7, 11) is 1.38. The van der Waals surface area contributed by atoms with Gasteiger partial charge in [-0.2, -0.15) is 9.97 Å². The Balaban J connectivity index is 1.87. The number of halogens is 4. The summed E-state index contributed by atoms with van der Waals surface area (Å²) in [5.74, 6) is -2.38. The molecule has 1 fully saturated rings. The summed E-state index contributed by atoms with van der Waals surface area (Å²) in [4.78, 5) is 15.1. The second-order valence-corrected chi connectivity index (χ2v) is 9.06. The number of nitrogen functional groups attached to an aromatic ring is 1.